The van der Waals surface area contributed by atoms with Crippen LogP contribution in [0.15, 0.2) is 5.16 Å². The summed E-state index contributed by atoms with van der Waals surface area (Å²) in [6.07, 6.45) is 0. The number of rotatable bonds is 1. The second-order valence-electron chi connectivity index (χ2n) is 0.308. The first-order chi connectivity index (χ1) is 2.41. The van der Waals surface area contributed by atoms with Crippen molar-refractivity contribution in [3.63, 3.8) is 0 Å². The van der Waals surface area contributed by atoms with E-state index in [1.165, 1.54) is 0 Å². The summed E-state index contributed by atoms with van der Waals surface area (Å²) in [5.41, 5.74) is 0. The zero-order chi connectivity index (χ0) is 4.12. The van der Waals surface area contributed by atoms with Gasteiger partial charge < -0.3 is 0 Å². The van der Waals surface area contributed by atoms with Crippen LogP contribution in [0.3, 0.4) is 0 Å². The zero-order valence-corrected chi connectivity index (χ0v) is 2.43. The Morgan fingerprint density at radius 1 is 2.00 bits per heavy atom. The van der Waals surface area contributed by atoms with Crippen LogP contribution in [-0.4, -0.2) is 6.01 Å². The smallest absolute Gasteiger partial charge is 0.134 e. The van der Waals surface area contributed by atoms with Crippen molar-refractivity contribution in [1.82, 2.24) is 0 Å². The predicted molar refractivity (Wildman–Crippen MR) is 15.4 cm³/mol. The molecule has 0 fully saturated rings. The highest BCUT2D eigenvalue weighted by molar-refractivity contribution is 5.34. The Bertz CT molecular complexity index is 53.9. The second-order valence-corrected chi connectivity index (χ2v) is 0.308. The van der Waals surface area contributed by atoms with Crippen LogP contribution >= 0.6 is 0 Å². The fourth-order valence-electron chi connectivity index (χ4n) is 0.0264. The molecule has 0 heterocycles. The van der Waals surface area contributed by atoms with Crippen LogP contribution in [0.25, 0.3) is 0 Å². The van der Waals surface area contributed by atoms with Gasteiger partial charge in [-0.1, -0.05) is 0 Å². The normalized spacial score (nSPS) is 5.00. The zero-order valence-electron chi connectivity index (χ0n) is 2.43. The maximum atomic E-state index is 5.98. The number of nitrogens with zero attached hydrogens (tertiary/aromatic N) is 1. The maximum Gasteiger partial charge on any atom is 0.134 e. The fourth-order valence-corrected chi connectivity index (χ4v) is 0.0264. The van der Waals surface area contributed by atoms with E-state index in [1.54, 1.807) is 6.01 Å². The SMILES string of the molecule is N=C=NON. The molecule has 4 heteroatoms. The molecule has 0 radical (unpaired) electrons. The molecule has 0 bridgehead atoms. The van der Waals surface area contributed by atoms with Gasteiger partial charge in [0, 0.05) is 5.16 Å². The number of hydrogen-bond acceptors (Lipinski definition) is 4. The Hall–Kier alpha value is -0.860. The molecule has 28 valence electrons. The summed E-state index contributed by atoms with van der Waals surface area (Å²) in [5.74, 6) is 4.29. The van der Waals surface area contributed by atoms with Crippen LogP contribution in [0.2, 0.25) is 0 Å². The fraction of sp³-hybridized carbons (Fsp3) is 0. The average Bonchev–Trinajstić information content (AvgIpc) is 1.41. The molecule has 4 nitrogen and oxygen atoms in total. The molecular weight excluding hydrogens is 70.0 g/mol. The molecule has 0 aromatic heterocycles. The Labute approximate surface area is 28.7 Å². The summed E-state index contributed by atoms with van der Waals surface area (Å²) >= 11 is 0. The van der Waals surface area contributed by atoms with E-state index >= 15 is 0 Å². The topological polar surface area (TPSA) is 71.5 Å². The number of nitrogens with two attached hydrogens (primary N) is 1. The molecule has 0 rings (SSSR count). The lowest BCUT2D eigenvalue weighted by molar-refractivity contribution is 0.151. The van der Waals surface area contributed by atoms with Crippen molar-refractivity contribution < 1.29 is 4.94 Å². The summed E-state index contributed by atoms with van der Waals surface area (Å²) in [5, 5.41) is 8.65. The molecule has 0 aromatic rings. The highest BCUT2D eigenvalue weighted by atomic mass is 16.7. The lowest BCUT2D eigenvalue weighted by atomic mass is 11.6. The first-order valence-electron chi connectivity index (χ1n) is 0.892. The second kappa shape index (κ2) is 3.14. The van der Waals surface area contributed by atoms with Gasteiger partial charge in [0.1, 0.15) is 6.01 Å². The minimum Gasteiger partial charge on any atom is -0.292 e. The molecule has 3 N–H and O–H groups in total. The third-order valence-electron chi connectivity index (χ3n) is 0.0983. The molecule has 0 aromatic carbocycles. The van der Waals surface area contributed by atoms with Crippen LogP contribution in [0.5, 0.6) is 0 Å². The predicted octanol–water partition coefficient (Wildman–Crippen LogP) is -0.456. The Kier molecular flexibility index (Phi) is 2.60. The minimum atomic E-state index is 1.55. The van der Waals surface area contributed by atoms with Crippen LogP contribution in [0, 0.1) is 5.41 Å². The molecule has 0 saturated carbocycles. The van der Waals surface area contributed by atoms with Gasteiger partial charge in [-0.25, -0.2) is 5.41 Å². The van der Waals surface area contributed by atoms with Gasteiger partial charge in [0.2, 0.25) is 0 Å². The summed E-state index contributed by atoms with van der Waals surface area (Å²) in [6, 6.07) is 1.55. The standard InChI is InChI=1S/CH3N3O/c2-1-4-5-3/h2H,3H2. The average molecular weight is 73.1 g/mol. The third-order valence-corrected chi connectivity index (χ3v) is 0.0983. The van der Waals surface area contributed by atoms with E-state index in [4.69, 9.17) is 5.41 Å². The molecule has 0 aliphatic carbocycles. The van der Waals surface area contributed by atoms with Crippen molar-refractivity contribution in [2.75, 3.05) is 0 Å². The molecule has 0 spiro atoms. The molecule has 0 aliphatic heterocycles. The van der Waals surface area contributed by atoms with E-state index in [9.17, 15) is 0 Å². The van der Waals surface area contributed by atoms with Gasteiger partial charge >= 0.3 is 0 Å². The van der Waals surface area contributed by atoms with Crippen LogP contribution in [-0.2, 0) is 4.94 Å². The van der Waals surface area contributed by atoms with E-state index in [-0.39, 0.29) is 0 Å². The third kappa shape index (κ3) is 3.14. The maximum absolute atomic E-state index is 5.98. The van der Waals surface area contributed by atoms with Crippen molar-refractivity contribution in [3.8, 4) is 0 Å². The van der Waals surface area contributed by atoms with Crippen molar-refractivity contribution >= 4 is 6.01 Å². The van der Waals surface area contributed by atoms with Gasteiger partial charge in [-0.15, -0.1) is 5.90 Å². The van der Waals surface area contributed by atoms with Gasteiger partial charge in [0.05, 0.1) is 0 Å². The van der Waals surface area contributed by atoms with E-state index in [0.29, 0.717) is 0 Å². The Morgan fingerprint density at radius 2 is 2.60 bits per heavy atom. The molecule has 0 amide bonds. The van der Waals surface area contributed by atoms with E-state index in [1.807, 2.05) is 0 Å². The van der Waals surface area contributed by atoms with Gasteiger partial charge in [-0.05, 0) is 0 Å². The Balaban J connectivity index is 2.93. The van der Waals surface area contributed by atoms with Gasteiger partial charge in [0.15, 0.2) is 0 Å². The first-order valence-corrected chi connectivity index (χ1v) is 0.892. The van der Waals surface area contributed by atoms with Crippen molar-refractivity contribution in [3.05, 3.63) is 0 Å². The van der Waals surface area contributed by atoms with Crippen LogP contribution in [0.4, 0.5) is 0 Å². The van der Waals surface area contributed by atoms with Gasteiger partial charge in [0.25, 0.3) is 0 Å². The van der Waals surface area contributed by atoms with Crippen LogP contribution in [0.1, 0.15) is 0 Å². The van der Waals surface area contributed by atoms with E-state index in [2.05, 4.69) is 16.0 Å². The van der Waals surface area contributed by atoms with Crippen LogP contribution < -0.4 is 5.90 Å². The molecule has 0 saturated heterocycles. The lowest BCUT2D eigenvalue weighted by Crippen LogP contribution is -1.86. The quantitative estimate of drug-likeness (QED) is 0.326. The summed E-state index contributed by atoms with van der Waals surface area (Å²) in [4.78, 5) is 3.52. The number of hydrogen-bond donors (Lipinski definition) is 2. The van der Waals surface area contributed by atoms with Gasteiger partial charge in [-0.3, -0.25) is 4.94 Å². The summed E-state index contributed by atoms with van der Waals surface area (Å²) < 4.78 is 0. The highest BCUT2D eigenvalue weighted by Gasteiger charge is 1.43. The van der Waals surface area contributed by atoms with Crippen molar-refractivity contribution in [1.29, 1.82) is 5.41 Å². The molecule has 0 aliphatic rings. The molecule has 0 atom stereocenters. The lowest BCUT2D eigenvalue weighted by Gasteiger charge is -1.68. The van der Waals surface area contributed by atoms with E-state index in [0.717, 1.165) is 0 Å². The Morgan fingerprint density at radius 3 is 2.60 bits per heavy atom. The monoisotopic (exact) mass is 73.0 g/mol. The number of nitrogens with one attached hydrogen (secondary N) is 1. The minimum absolute atomic E-state index is 1.55. The first kappa shape index (κ1) is 4.14. The van der Waals surface area contributed by atoms with E-state index < -0.39 is 0 Å². The molecular formula is CH3N3O. The van der Waals surface area contributed by atoms with Crippen molar-refractivity contribution in [2.45, 2.75) is 0 Å². The largest absolute Gasteiger partial charge is 0.292 e. The summed E-state index contributed by atoms with van der Waals surface area (Å²) in [6.45, 7) is 0. The van der Waals surface area contributed by atoms with Crippen molar-refractivity contribution in [2.24, 2.45) is 11.1 Å². The molecule has 0 unspecified atom stereocenters. The molecule has 5 heavy (non-hydrogen) atoms. The highest BCUT2D eigenvalue weighted by Crippen LogP contribution is 1.45. The summed E-state index contributed by atoms with van der Waals surface area (Å²) in [7, 11) is 0. The van der Waals surface area contributed by atoms with Gasteiger partial charge in [-0.2, -0.15) is 0 Å².